The molecule has 0 atom stereocenters. The lowest BCUT2D eigenvalue weighted by atomic mass is 10.1. The number of nitrogens with zero attached hydrogens (tertiary/aromatic N) is 4. The third-order valence-electron chi connectivity index (χ3n) is 2.88. The standard InChI is InChI=1S/C15H11N5S2/c1-10(14-17-6-7-21-14)19-20-15-18-13(9-22-15)12-4-2-11(8-16)3-5-12/h2-7,9H,1H3,(H,18,20)/b19-10-. The summed E-state index contributed by atoms with van der Waals surface area (Å²) in [5.74, 6) is 0. The van der Waals surface area contributed by atoms with Crippen LogP contribution in [-0.4, -0.2) is 15.7 Å². The zero-order chi connectivity index (χ0) is 15.4. The van der Waals surface area contributed by atoms with Crippen LogP contribution in [0.25, 0.3) is 11.3 Å². The van der Waals surface area contributed by atoms with Crippen LogP contribution in [0, 0.1) is 11.3 Å². The van der Waals surface area contributed by atoms with Gasteiger partial charge in [0.2, 0.25) is 5.13 Å². The predicted molar refractivity (Wildman–Crippen MR) is 90.2 cm³/mol. The number of aromatic nitrogens is 2. The fraction of sp³-hybridized carbons (Fsp3) is 0.0667. The lowest BCUT2D eigenvalue weighted by molar-refractivity contribution is 1.26. The average Bonchev–Trinajstić information content (AvgIpc) is 3.24. The monoisotopic (exact) mass is 325 g/mol. The Morgan fingerprint density at radius 2 is 2.09 bits per heavy atom. The second-order valence-corrected chi connectivity index (χ2v) is 6.13. The summed E-state index contributed by atoms with van der Waals surface area (Å²) >= 11 is 3.03. The summed E-state index contributed by atoms with van der Waals surface area (Å²) in [6, 6.07) is 9.45. The molecule has 0 aliphatic heterocycles. The van der Waals surface area contributed by atoms with Crippen molar-refractivity contribution in [2.75, 3.05) is 5.43 Å². The Morgan fingerprint density at radius 3 is 2.77 bits per heavy atom. The molecule has 2 aromatic heterocycles. The first-order chi connectivity index (χ1) is 10.8. The zero-order valence-electron chi connectivity index (χ0n) is 11.6. The van der Waals surface area contributed by atoms with Crippen LogP contribution in [0.5, 0.6) is 0 Å². The van der Waals surface area contributed by atoms with Gasteiger partial charge in [0.25, 0.3) is 0 Å². The number of hydrogen-bond donors (Lipinski definition) is 1. The Balaban J connectivity index is 1.73. The molecule has 2 heterocycles. The minimum absolute atomic E-state index is 0.640. The molecule has 0 aliphatic rings. The van der Waals surface area contributed by atoms with Gasteiger partial charge in [-0.15, -0.1) is 22.7 Å². The Bertz CT molecular complexity index is 826. The van der Waals surface area contributed by atoms with E-state index in [2.05, 4.69) is 26.6 Å². The molecule has 0 bridgehead atoms. The lowest BCUT2D eigenvalue weighted by Crippen LogP contribution is -1.98. The third kappa shape index (κ3) is 3.19. The maximum atomic E-state index is 8.81. The van der Waals surface area contributed by atoms with E-state index in [4.69, 9.17) is 5.26 Å². The molecule has 0 fully saturated rings. The van der Waals surface area contributed by atoms with E-state index in [0.717, 1.165) is 27.1 Å². The number of rotatable bonds is 4. The fourth-order valence-corrected chi connectivity index (χ4v) is 3.00. The van der Waals surface area contributed by atoms with Crippen LogP contribution in [0.2, 0.25) is 0 Å². The molecule has 0 aliphatic carbocycles. The third-order valence-corrected chi connectivity index (χ3v) is 4.50. The summed E-state index contributed by atoms with van der Waals surface area (Å²) in [6.45, 7) is 1.90. The second-order valence-electron chi connectivity index (χ2n) is 4.37. The van der Waals surface area contributed by atoms with Crippen molar-refractivity contribution < 1.29 is 0 Å². The highest BCUT2D eigenvalue weighted by molar-refractivity contribution is 7.14. The van der Waals surface area contributed by atoms with Gasteiger partial charge in [0, 0.05) is 22.5 Å². The Labute approximate surface area is 135 Å². The van der Waals surface area contributed by atoms with Crippen LogP contribution in [0.15, 0.2) is 46.3 Å². The van der Waals surface area contributed by atoms with Crippen molar-refractivity contribution in [3.8, 4) is 17.3 Å². The molecule has 22 heavy (non-hydrogen) atoms. The molecule has 1 aromatic carbocycles. The molecule has 0 spiro atoms. The lowest BCUT2D eigenvalue weighted by Gasteiger charge is -1.98. The summed E-state index contributed by atoms with van der Waals surface area (Å²) in [6.07, 6.45) is 1.76. The van der Waals surface area contributed by atoms with E-state index >= 15 is 0 Å². The predicted octanol–water partition coefficient (Wildman–Crippen LogP) is 3.97. The van der Waals surface area contributed by atoms with E-state index in [1.165, 1.54) is 11.3 Å². The van der Waals surface area contributed by atoms with Crippen LogP contribution in [0.3, 0.4) is 0 Å². The molecular weight excluding hydrogens is 314 g/mol. The molecular formula is C15H11N5S2. The number of hydrazone groups is 1. The van der Waals surface area contributed by atoms with Gasteiger partial charge in [-0.1, -0.05) is 12.1 Å². The average molecular weight is 325 g/mol. The summed E-state index contributed by atoms with van der Waals surface area (Å²) in [5, 5.41) is 18.6. The molecule has 3 aromatic rings. The van der Waals surface area contributed by atoms with Crippen molar-refractivity contribution in [2.24, 2.45) is 5.10 Å². The summed E-state index contributed by atoms with van der Waals surface area (Å²) < 4.78 is 0. The number of thiazole rings is 2. The Kier molecular flexibility index (Phi) is 4.23. The Morgan fingerprint density at radius 1 is 1.27 bits per heavy atom. The van der Waals surface area contributed by atoms with E-state index in [-0.39, 0.29) is 0 Å². The van der Waals surface area contributed by atoms with Crippen molar-refractivity contribution in [1.29, 1.82) is 5.26 Å². The number of anilines is 1. The molecule has 0 saturated heterocycles. The van der Waals surface area contributed by atoms with Crippen molar-refractivity contribution in [3.63, 3.8) is 0 Å². The van der Waals surface area contributed by atoms with Crippen LogP contribution >= 0.6 is 22.7 Å². The number of benzene rings is 1. The van der Waals surface area contributed by atoms with Crippen LogP contribution in [0.4, 0.5) is 5.13 Å². The van der Waals surface area contributed by atoms with Crippen LogP contribution in [0.1, 0.15) is 17.5 Å². The van der Waals surface area contributed by atoms with Gasteiger partial charge >= 0.3 is 0 Å². The largest absolute Gasteiger partial charge is 0.252 e. The normalized spacial score (nSPS) is 11.2. The van der Waals surface area contributed by atoms with Gasteiger partial charge in [0.05, 0.1) is 23.0 Å². The van der Waals surface area contributed by atoms with Gasteiger partial charge in [-0.25, -0.2) is 9.97 Å². The molecule has 1 N–H and O–H groups in total. The van der Waals surface area contributed by atoms with Gasteiger partial charge in [-0.3, -0.25) is 5.43 Å². The highest BCUT2D eigenvalue weighted by atomic mass is 32.1. The maximum Gasteiger partial charge on any atom is 0.203 e. The highest BCUT2D eigenvalue weighted by Gasteiger charge is 2.05. The molecule has 7 heteroatoms. The van der Waals surface area contributed by atoms with Crippen LogP contribution < -0.4 is 5.43 Å². The summed E-state index contributed by atoms with van der Waals surface area (Å²) in [7, 11) is 0. The van der Waals surface area contributed by atoms with E-state index in [9.17, 15) is 0 Å². The second kappa shape index (κ2) is 6.47. The first-order valence-electron chi connectivity index (χ1n) is 6.42. The topological polar surface area (TPSA) is 74.0 Å². The van der Waals surface area contributed by atoms with Gasteiger partial charge in [-0.05, 0) is 19.1 Å². The molecule has 0 amide bonds. The van der Waals surface area contributed by atoms with Crippen molar-refractivity contribution in [1.82, 2.24) is 9.97 Å². The van der Waals surface area contributed by atoms with Gasteiger partial charge < -0.3 is 0 Å². The van der Waals surface area contributed by atoms with E-state index in [0.29, 0.717) is 5.56 Å². The molecule has 108 valence electrons. The van der Waals surface area contributed by atoms with E-state index in [1.54, 1.807) is 29.7 Å². The SMILES string of the molecule is C/C(=N/Nc1nc(-c2ccc(C#N)cc2)cs1)c1nccs1. The fourth-order valence-electron chi connectivity index (χ4n) is 1.75. The Hall–Kier alpha value is -2.56. The number of nitriles is 1. The van der Waals surface area contributed by atoms with Gasteiger partial charge in [-0.2, -0.15) is 10.4 Å². The molecule has 3 rings (SSSR count). The van der Waals surface area contributed by atoms with Crippen molar-refractivity contribution >= 4 is 33.5 Å². The van der Waals surface area contributed by atoms with E-state index < -0.39 is 0 Å². The highest BCUT2D eigenvalue weighted by Crippen LogP contribution is 2.25. The van der Waals surface area contributed by atoms with Gasteiger partial charge in [0.15, 0.2) is 0 Å². The minimum atomic E-state index is 0.640. The van der Waals surface area contributed by atoms with Crippen LogP contribution in [-0.2, 0) is 0 Å². The molecule has 0 unspecified atom stereocenters. The summed E-state index contributed by atoms with van der Waals surface area (Å²) in [4.78, 5) is 8.69. The quantitative estimate of drug-likeness (QED) is 0.582. The molecule has 0 saturated carbocycles. The maximum absolute atomic E-state index is 8.81. The van der Waals surface area contributed by atoms with Crippen molar-refractivity contribution in [2.45, 2.75) is 6.92 Å². The molecule has 5 nitrogen and oxygen atoms in total. The zero-order valence-corrected chi connectivity index (χ0v) is 13.3. The van der Waals surface area contributed by atoms with Crippen molar-refractivity contribution in [3.05, 3.63) is 51.8 Å². The van der Waals surface area contributed by atoms with E-state index in [1.807, 2.05) is 29.8 Å². The summed E-state index contributed by atoms with van der Waals surface area (Å²) in [5.41, 5.74) is 6.26. The smallest absolute Gasteiger partial charge is 0.203 e. The van der Waals surface area contributed by atoms with Gasteiger partial charge in [0.1, 0.15) is 5.01 Å². The number of nitrogens with one attached hydrogen (secondary N) is 1. The first-order valence-corrected chi connectivity index (χ1v) is 8.18. The molecule has 0 radical (unpaired) electrons. The number of hydrogen-bond acceptors (Lipinski definition) is 7. The minimum Gasteiger partial charge on any atom is -0.252 e. The first kappa shape index (κ1) is 14.4.